The molecule has 2 saturated carbocycles. The van der Waals surface area contributed by atoms with E-state index in [-0.39, 0.29) is 24.0 Å². The topological polar surface area (TPSA) is 50.4 Å². The third kappa shape index (κ3) is 4.28. The Morgan fingerprint density at radius 2 is 2.06 bits per heavy atom. The van der Waals surface area contributed by atoms with Crippen molar-refractivity contribution < 1.29 is 0 Å². The molecule has 4 heteroatoms. The quantitative estimate of drug-likeness (QED) is 0.431. The first kappa shape index (κ1) is 16.1. The highest BCUT2D eigenvalue weighted by Gasteiger charge is 2.35. The zero-order chi connectivity index (χ0) is 12.1. The summed E-state index contributed by atoms with van der Waals surface area (Å²) < 4.78 is 0. The smallest absolute Gasteiger partial charge is 0.188 e. The van der Waals surface area contributed by atoms with Crippen LogP contribution in [0.5, 0.6) is 0 Å². The molecule has 18 heavy (non-hydrogen) atoms. The van der Waals surface area contributed by atoms with Gasteiger partial charge >= 0.3 is 0 Å². The van der Waals surface area contributed by atoms with Crippen LogP contribution >= 0.6 is 24.0 Å². The van der Waals surface area contributed by atoms with Gasteiger partial charge in [0.1, 0.15) is 0 Å². The molecular weight excluding hydrogens is 337 g/mol. The Bertz CT molecular complexity index is 270. The number of aliphatic imine (C=N–C) groups is 1. The lowest BCUT2D eigenvalue weighted by molar-refractivity contribution is 0.130. The van der Waals surface area contributed by atoms with Crippen LogP contribution in [0.15, 0.2) is 4.99 Å². The lowest BCUT2D eigenvalue weighted by Crippen LogP contribution is -2.39. The van der Waals surface area contributed by atoms with E-state index in [0.29, 0.717) is 11.4 Å². The van der Waals surface area contributed by atoms with Crippen LogP contribution in [0.25, 0.3) is 0 Å². The standard InChI is InChI=1S/C14H27N3.HI/c1-2-7-14(8-4-9-14)11-17-13(15)16-10-12-5-3-6-12;/h12H,2-11H2,1H3,(H3,15,16,17);1H. The molecule has 3 nitrogen and oxygen atoms in total. The molecule has 0 unspecified atom stereocenters. The highest BCUT2D eigenvalue weighted by atomic mass is 127. The zero-order valence-electron chi connectivity index (χ0n) is 11.6. The van der Waals surface area contributed by atoms with Gasteiger partial charge in [0.2, 0.25) is 0 Å². The Kier molecular flexibility index (Phi) is 6.74. The van der Waals surface area contributed by atoms with Gasteiger partial charge < -0.3 is 11.1 Å². The summed E-state index contributed by atoms with van der Waals surface area (Å²) >= 11 is 0. The fraction of sp³-hybridized carbons (Fsp3) is 0.929. The van der Waals surface area contributed by atoms with E-state index >= 15 is 0 Å². The van der Waals surface area contributed by atoms with E-state index in [2.05, 4.69) is 17.2 Å². The highest BCUT2D eigenvalue weighted by molar-refractivity contribution is 14.0. The van der Waals surface area contributed by atoms with Gasteiger partial charge in [-0.1, -0.05) is 26.2 Å². The Labute approximate surface area is 128 Å². The number of hydrogen-bond donors (Lipinski definition) is 2. The molecule has 2 aliphatic carbocycles. The van der Waals surface area contributed by atoms with Crippen LogP contribution in [-0.4, -0.2) is 19.0 Å². The monoisotopic (exact) mass is 365 g/mol. The zero-order valence-corrected chi connectivity index (χ0v) is 13.9. The molecular formula is C14H28IN3. The van der Waals surface area contributed by atoms with Gasteiger partial charge in [-0.15, -0.1) is 24.0 Å². The second-order valence-corrected chi connectivity index (χ2v) is 5.98. The molecule has 0 aliphatic heterocycles. The molecule has 0 aromatic rings. The Morgan fingerprint density at radius 3 is 2.50 bits per heavy atom. The van der Waals surface area contributed by atoms with Crippen LogP contribution in [0, 0.1) is 11.3 Å². The number of nitrogens with two attached hydrogens (primary N) is 1. The van der Waals surface area contributed by atoms with Gasteiger partial charge in [-0.2, -0.15) is 0 Å². The van der Waals surface area contributed by atoms with Crippen molar-refractivity contribution in [1.29, 1.82) is 0 Å². The number of nitrogens with zero attached hydrogens (tertiary/aromatic N) is 1. The number of hydrogen-bond acceptors (Lipinski definition) is 1. The summed E-state index contributed by atoms with van der Waals surface area (Å²) in [5.41, 5.74) is 6.42. The fourth-order valence-electron chi connectivity index (χ4n) is 2.95. The van der Waals surface area contributed by atoms with Crippen molar-refractivity contribution in [2.45, 2.75) is 58.3 Å². The maximum absolute atomic E-state index is 5.92. The molecule has 0 saturated heterocycles. The molecule has 0 bridgehead atoms. The second kappa shape index (κ2) is 7.56. The first-order chi connectivity index (χ1) is 8.24. The second-order valence-electron chi connectivity index (χ2n) is 5.98. The SMILES string of the molecule is CCCC1(CN=C(N)NCC2CCC2)CCC1.I. The van der Waals surface area contributed by atoms with Crippen molar-refractivity contribution in [3.63, 3.8) is 0 Å². The number of guanidine groups is 1. The van der Waals surface area contributed by atoms with Crippen molar-refractivity contribution >= 4 is 29.9 Å². The van der Waals surface area contributed by atoms with Crippen molar-refractivity contribution in [3.05, 3.63) is 0 Å². The van der Waals surface area contributed by atoms with Gasteiger partial charge in [-0.3, -0.25) is 4.99 Å². The maximum atomic E-state index is 5.92. The van der Waals surface area contributed by atoms with E-state index in [1.54, 1.807) is 0 Å². The van der Waals surface area contributed by atoms with Gasteiger partial charge in [0, 0.05) is 13.1 Å². The van der Waals surface area contributed by atoms with Crippen molar-refractivity contribution in [1.82, 2.24) is 5.32 Å². The first-order valence-electron chi connectivity index (χ1n) is 7.28. The molecule has 3 N–H and O–H groups in total. The summed E-state index contributed by atoms with van der Waals surface area (Å²) in [7, 11) is 0. The third-order valence-electron chi connectivity index (χ3n) is 4.58. The van der Waals surface area contributed by atoms with Gasteiger partial charge in [-0.25, -0.2) is 0 Å². The summed E-state index contributed by atoms with van der Waals surface area (Å²) in [5, 5.41) is 3.28. The molecule has 106 valence electrons. The summed E-state index contributed by atoms with van der Waals surface area (Å²) in [6.45, 7) is 4.22. The van der Waals surface area contributed by atoms with Crippen molar-refractivity contribution in [2.75, 3.05) is 13.1 Å². The molecule has 0 spiro atoms. The summed E-state index contributed by atoms with van der Waals surface area (Å²) in [4.78, 5) is 4.55. The molecule has 0 amide bonds. The summed E-state index contributed by atoms with van der Waals surface area (Å²) in [6, 6.07) is 0. The van der Waals surface area contributed by atoms with Gasteiger partial charge in [0.25, 0.3) is 0 Å². The molecule has 0 atom stereocenters. The van der Waals surface area contributed by atoms with Crippen LogP contribution in [0.4, 0.5) is 0 Å². The summed E-state index contributed by atoms with van der Waals surface area (Å²) in [5.74, 6) is 1.51. The van der Waals surface area contributed by atoms with Crippen LogP contribution in [0.2, 0.25) is 0 Å². The lowest BCUT2D eigenvalue weighted by atomic mass is 9.66. The largest absolute Gasteiger partial charge is 0.370 e. The van der Waals surface area contributed by atoms with Gasteiger partial charge in [0.15, 0.2) is 5.96 Å². The van der Waals surface area contributed by atoms with E-state index in [9.17, 15) is 0 Å². The Balaban J connectivity index is 0.00000162. The van der Waals surface area contributed by atoms with Crippen LogP contribution in [0.1, 0.15) is 58.3 Å². The van der Waals surface area contributed by atoms with Crippen LogP contribution in [-0.2, 0) is 0 Å². The molecule has 2 fully saturated rings. The number of rotatable bonds is 6. The normalized spacial score (nSPS) is 22.6. The fourth-order valence-corrected chi connectivity index (χ4v) is 2.95. The minimum Gasteiger partial charge on any atom is -0.370 e. The average Bonchev–Trinajstić information content (AvgIpc) is 2.19. The van der Waals surface area contributed by atoms with Crippen molar-refractivity contribution in [3.8, 4) is 0 Å². The van der Waals surface area contributed by atoms with E-state index in [4.69, 9.17) is 5.73 Å². The molecule has 2 aliphatic rings. The van der Waals surface area contributed by atoms with Crippen molar-refractivity contribution in [2.24, 2.45) is 22.1 Å². The minimum atomic E-state index is 0. The Morgan fingerprint density at radius 1 is 1.33 bits per heavy atom. The molecule has 2 rings (SSSR count). The lowest BCUT2D eigenvalue weighted by Gasteiger charge is -2.40. The Hall–Kier alpha value is 0. The average molecular weight is 365 g/mol. The third-order valence-corrected chi connectivity index (χ3v) is 4.58. The van der Waals surface area contributed by atoms with Crippen LogP contribution in [0.3, 0.4) is 0 Å². The molecule has 0 heterocycles. The van der Waals surface area contributed by atoms with Gasteiger partial charge in [0.05, 0.1) is 0 Å². The van der Waals surface area contributed by atoms with E-state index < -0.39 is 0 Å². The predicted molar refractivity (Wildman–Crippen MR) is 88.4 cm³/mol. The minimum absolute atomic E-state index is 0. The molecule has 0 aromatic heterocycles. The van der Waals surface area contributed by atoms with E-state index in [0.717, 1.165) is 19.0 Å². The molecule has 0 aromatic carbocycles. The summed E-state index contributed by atoms with van der Waals surface area (Å²) in [6.07, 6.45) is 10.8. The first-order valence-corrected chi connectivity index (χ1v) is 7.28. The van der Waals surface area contributed by atoms with Gasteiger partial charge in [-0.05, 0) is 43.4 Å². The van der Waals surface area contributed by atoms with Crippen LogP contribution < -0.4 is 11.1 Å². The van der Waals surface area contributed by atoms with E-state index in [1.807, 2.05) is 0 Å². The number of halogens is 1. The predicted octanol–water partition coefficient (Wildman–Crippen LogP) is 3.28. The van der Waals surface area contributed by atoms with E-state index in [1.165, 1.54) is 51.4 Å². The number of nitrogens with one attached hydrogen (secondary N) is 1. The molecule has 0 radical (unpaired) electrons. The highest BCUT2D eigenvalue weighted by Crippen LogP contribution is 2.44. The maximum Gasteiger partial charge on any atom is 0.188 e.